The zero-order valence-corrected chi connectivity index (χ0v) is 55.3. The maximum Gasteiger partial charge on any atom is -0.0360 e. The highest BCUT2D eigenvalue weighted by Gasteiger charge is 2.42. The third-order valence-electron chi connectivity index (χ3n) is 22.5. The Kier molecular flexibility index (Phi) is 34.5. The van der Waals surface area contributed by atoms with Gasteiger partial charge in [0, 0.05) is 0 Å². The summed E-state index contributed by atoms with van der Waals surface area (Å²) in [7, 11) is 0. The van der Waals surface area contributed by atoms with E-state index in [4.69, 9.17) is 0 Å². The van der Waals surface area contributed by atoms with Gasteiger partial charge in [-0.1, -0.05) is 251 Å². The molecule has 20 atom stereocenters. The Hall–Kier alpha value is 0. The average molecular weight is 1010 g/mol. The molecular formula is C72H144. The lowest BCUT2D eigenvalue weighted by atomic mass is 10.1. The minimum atomic E-state index is 0.940. The Morgan fingerprint density at radius 1 is 0.250 bits per heavy atom. The number of hydrogen-bond donors (Lipinski definition) is 0. The molecule has 11 aliphatic rings. The second kappa shape index (κ2) is 35.5. The zero-order valence-electron chi connectivity index (χ0n) is 55.3. The molecule has 11 fully saturated rings. The van der Waals surface area contributed by atoms with Gasteiger partial charge < -0.3 is 0 Å². The van der Waals surface area contributed by atoms with Crippen molar-refractivity contribution in [3.63, 3.8) is 0 Å². The van der Waals surface area contributed by atoms with Crippen molar-refractivity contribution in [2.45, 2.75) is 303 Å². The Bertz CT molecular complexity index is 1170. The molecule has 0 amide bonds. The van der Waals surface area contributed by atoms with Crippen LogP contribution in [0.3, 0.4) is 0 Å². The summed E-state index contributed by atoms with van der Waals surface area (Å²) >= 11 is 0. The minimum absolute atomic E-state index is 0.940. The van der Waals surface area contributed by atoms with Crippen molar-refractivity contribution >= 4 is 0 Å². The third kappa shape index (κ3) is 30.8. The molecule has 0 aromatic rings. The first kappa shape index (κ1) is 70.0. The Balaban J connectivity index is 0.000000396. The lowest BCUT2D eigenvalue weighted by Gasteiger charge is -1.97. The van der Waals surface area contributed by atoms with Gasteiger partial charge in [-0.25, -0.2) is 0 Å². The molecule has 0 aliphatic heterocycles. The summed E-state index contributed by atoms with van der Waals surface area (Å²) in [5.41, 5.74) is 0. The molecule has 432 valence electrons. The van der Waals surface area contributed by atoms with E-state index in [0.717, 1.165) is 160 Å². The first-order chi connectivity index (χ1) is 33.8. The van der Waals surface area contributed by atoms with E-state index in [1.807, 2.05) is 0 Å². The van der Waals surface area contributed by atoms with E-state index < -0.39 is 0 Å². The normalized spacial score (nSPS) is 43.7. The molecule has 0 aromatic heterocycles. The van der Waals surface area contributed by atoms with Crippen LogP contribution in [0.2, 0.25) is 0 Å². The summed E-state index contributed by atoms with van der Waals surface area (Å²) in [6.45, 7) is 62.4. The highest BCUT2D eigenvalue weighted by atomic mass is 14.5. The van der Waals surface area contributed by atoms with Crippen LogP contribution in [0.25, 0.3) is 0 Å². The van der Waals surface area contributed by atoms with E-state index in [0.29, 0.717) is 0 Å². The molecule has 0 heterocycles. The van der Waals surface area contributed by atoms with Crippen molar-refractivity contribution in [2.24, 2.45) is 160 Å². The summed E-state index contributed by atoms with van der Waals surface area (Å²) in [4.78, 5) is 0. The van der Waals surface area contributed by atoms with E-state index in [2.05, 4.69) is 187 Å². The van der Waals surface area contributed by atoms with Crippen molar-refractivity contribution in [2.75, 3.05) is 0 Å². The summed E-state index contributed by atoms with van der Waals surface area (Å²) in [5, 5.41) is 0. The molecule has 0 spiro atoms. The second-order valence-corrected chi connectivity index (χ2v) is 29.4. The molecule has 0 aromatic carbocycles. The van der Waals surface area contributed by atoms with Crippen LogP contribution in [0.4, 0.5) is 0 Å². The van der Waals surface area contributed by atoms with Crippen LogP contribution in [0.5, 0.6) is 0 Å². The molecule has 11 aliphatic carbocycles. The lowest BCUT2D eigenvalue weighted by molar-refractivity contribution is 0.530. The Labute approximate surface area is 460 Å². The molecule has 0 bridgehead atoms. The quantitative estimate of drug-likeness (QED) is 0.183. The molecular weight excluding hydrogens is 865 g/mol. The summed E-state index contributed by atoms with van der Waals surface area (Å²) in [5.74, 6) is 28.5. The summed E-state index contributed by atoms with van der Waals surface area (Å²) in [6, 6.07) is 0. The van der Waals surface area contributed by atoms with Crippen molar-refractivity contribution in [3.05, 3.63) is 0 Å². The van der Waals surface area contributed by atoms with Crippen molar-refractivity contribution in [1.82, 2.24) is 0 Å². The topological polar surface area (TPSA) is 0 Å². The zero-order chi connectivity index (χ0) is 55.3. The molecule has 20 unspecified atom stereocenters. The van der Waals surface area contributed by atoms with E-state index in [1.54, 1.807) is 0 Å². The van der Waals surface area contributed by atoms with Gasteiger partial charge in [-0.2, -0.15) is 0 Å². The van der Waals surface area contributed by atoms with Crippen molar-refractivity contribution in [1.29, 1.82) is 0 Å². The number of hydrogen-bond acceptors (Lipinski definition) is 0. The number of rotatable bonds is 12. The maximum atomic E-state index is 2.35. The van der Waals surface area contributed by atoms with E-state index in [1.165, 1.54) is 116 Å². The third-order valence-corrected chi connectivity index (χ3v) is 22.5. The van der Waals surface area contributed by atoms with Gasteiger partial charge in [0.2, 0.25) is 0 Å². The fourth-order valence-corrected chi connectivity index (χ4v) is 12.6. The standard InChI is InChI=1S/7C7H14.3C6H12.C5H10/c2*1-5(2)7-4-6(7)3;2*1-4-7-5(2)6(7)3;2*1-3-4-7-5-6(7)2;1-3-6-5-7(6)4-2;1-4-5(2)6(4)3;2*1-3-6-4-5(6)2;1-4-3-5(4)2/h4*5-7H,4H2,1-3H3;3*6-7H,3-5H2,1-2H3;4-6H,1-3H3;2*5-6H,3-4H2,1-2H3;4-5H,3H2,1-2H3. The van der Waals surface area contributed by atoms with Gasteiger partial charge in [-0.05, 0) is 211 Å². The van der Waals surface area contributed by atoms with Gasteiger partial charge in [0.25, 0.3) is 0 Å². The van der Waals surface area contributed by atoms with Crippen molar-refractivity contribution < 1.29 is 0 Å². The first-order valence-corrected chi connectivity index (χ1v) is 33.8. The van der Waals surface area contributed by atoms with Crippen LogP contribution in [0, 0.1) is 160 Å². The predicted octanol–water partition coefficient (Wildman–Crippen LogP) is 24.2. The fourth-order valence-electron chi connectivity index (χ4n) is 12.6. The van der Waals surface area contributed by atoms with Crippen LogP contribution in [-0.2, 0) is 0 Å². The van der Waals surface area contributed by atoms with Crippen LogP contribution in [-0.4, -0.2) is 0 Å². The van der Waals surface area contributed by atoms with Crippen LogP contribution >= 0.6 is 0 Å². The summed E-state index contributed by atoms with van der Waals surface area (Å²) < 4.78 is 0. The van der Waals surface area contributed by atoms with Gasteiger partial charge in [0.15, 0.2) is 0 Å². The summed E-state index contributed by atoms with van der Waals surface area (Å²) in [6.07, 6.45) is 26.1. The first-order valence-electron chi connectivity index (χ1n) is 33.8. The SMILES string of the molecule is CC(C)C1CC1C.CC(C)C1CC1C.CC1C(C)C1C.CC1CC1C.CCC1C(C)C1C.CCC1C(C)C1C.CCC1CC1C.CCC1CC1C.CCC1CC1CC.CCCC1CC1C.CCCC1CC1C. The molecule has 0 heteroatoms. The monoisotopic (exact) mass is 1010 g/mol. The molecule has 72 heavy (non-hydrogen) atoms. The van der Waals surface area contributed by atoms with Gasteiger partial charge in [-0.15, -0.1) is 0 Å². The highest BCUT2D eigenvalue weighted by molar-refractivity contribution is 4.91. The van der Waals surface area contributed by atoms with Crippen LogP contribution in [0.1, 0.15) is 303 Å². The average Bonchev–Trinajstić information content (AvgIpc) is 4.11. The van der Waals surface area contributed by atoms with Gasteiger partial charge in [0.05, 0.1) is 0 Å². The van der Waals surface area contributed by atoms with Crippen LogP contribution in [0.15, 0.2) is 0 Å². The molecule has 11 rings (SSSR count). The van der Waals surface area contributed by atoms with E-state index >= 15 is 0 Å². The molecule has 0 radical (unpaired) electrons. The predicted molar refractivity (Wildman–Crippen MR) is 331 cm³/mol. The highest BCUT2D eigenvalue weighted by Crippen LogP contribution is 2.49. The largest absolute Gasteiger partial charge is 0.0654 e. The maximum absolute atomic E-state index is 2.35. The smallest absolute Gasteiger partial charge is 0.0360 e. The molecule has 0 N–H and O–H groups in total. The van der Waals surface area contributed by atoms with E-state index in [-0.39, 0.29) is 0 Å². The fraction of sp³-hybridized carbons (Fsp3) is 1.00. The van der Waals surface area contributed by atoms with Crippen LogP contribution < -0.4 is 0 Å². The van der Waals surface area contributed by atoms with Gasteiger partial charge in [-0.3, -0.25) is 0 Å². The second-order valence-electron chi connectivity index (χ2n) is 29.4. The van der Waals surface area contributed by atoms with E-state index in [9.17, 15) is 0 Å². The Morgan fingerprint density at radius 2 is 0.472 bits per heavy atom. The molecule has 11 saturated carbocycles. The molecule has 0 nitrogen and oxygen atoms in total. The van der Waals surface area contributed by atoms with Gasteiger partial charge >= 0.3 is 0 Å². The lowest BCUT2D eigenvalue weighted by Crippen LogP contribution is -1.89. The minimum Gasteiger partial charge on any atom is -0.0654 e. The molecule has 0 saturated heterocycles. The Morgan fingerprint density at radius 3 is 0.500 bits per heavy atom. The van der Waals surface area contributed by atoms with Crippen molar-refractivity contribution in [3.8, 4) is 0 Å². The van der Waals surface area contributed by atoms with Gasteiger partial charge in [0.1, 0.15) is 0 Å².